The number of amidine groups is 1. The van der Waals surface area contributed by atoms with E-state index in [9.17, 15) is 9.59 Å². The summed E-state index contributed by atoms with van der Waals surface area (Å²) in [4.78, 5) is 32.5. The maximum Gasteiger partial charge on any atom is 0.338 e. The van der Waals surface area contributed by atoms with Gasteiger partial charge in [-0.1, -0.05) is 87.1 Å². The fraction of sp³-hybridized carbons (Fsp3) is 0.346. The Bertz CT molecular complexity index is 1080. The van der Waals surface area contributed by atoms with Crippen LogP contribution in [-0.2, 0) is 26.3 Å². The molecule has 166 valence electrons. The second-order valence-electron chi connectivity index (χ2n) is 9.09. The van der Waals surface area contributed by atoms with Crippen LogP contribution in [0.5, 0.6) is 0 Å². The Morgan fingerprint density at radius 2 is 1.81 bits per heavy atom. The molecule has 0 saturated carbocycles. The number of rotatable bonds is 4. The Morgan fingerprint density at radius 1 is 1.12 bits per heavy atom. The number of benzene rings is 2. The van der Waals surface area contributed by atoms with Crippen molar-refractivity contribution in [3.8, 4) is 0 Å². The Kier molecular flexibility index (Phi) is 6.24. The zero-order valence-electron chi connectivity index (χ0n) is 18.9. The average molecular weight is 449 g/mol. The van der Waals surface area contributed by atoms with E-state index in [1.54, 1.807) is 16.7 Å². The van der Waals surface area contributed by atoms with Crippen molar-refractivity contribution >= 4 is 28.8 Å². The van der Waals surface area contributed by atoms with Crippen molar-refractivity contribution in [2.75, 3.05) is 5.75 Å². The zero-order chi connectivity index (χ0) is 22.9. The number of nitrogens with zero attached hydrogens (tertiary/aromatic N) is 2. The number of amides is 1. The zero-order valence-corrected chi connectivity index (χ0v) is 19.7. The van der Waals surface area contributed by atoms with Crippen LogP contribution in [0.3, 0.4) is 0 Å². The smallest absolute Gasteiger partial charge is 0.338 e. The Labute approximate surface area is 193 Å². The lowest BCUT2D eigenvalue weighted by atomic mass is 9.85. The van der Waals surface area contributed by atoms with Crippen LogP contribution in [0.4, 0.5) is 0 Å². The van der Waals surface area contributed by atoms with E-state index < -0.39 is 12.0 Å². The van der Waals surface area contributed by atoms with Crippen LogP contribution in [0.25, 0.3) is 0 Å². The molecule has 4 rings (SSSR count). The van der Waals surface area contributed by atoms with Crippen LogP contribution >= 0.6 is 11.8 Å². The van der Waals surface area contributed by atoms with Crippen LogP contribution in [-0.4, -0.2) is 27.7 Å². The summed E-state index contributed by atoms with van der Waals surface area (Å²) in [5, 5.41) is 0.656. The second-order valence-corrected chi connectivity index (χ2v) is 10.2. The van der Waals surface area contributed by atoms with Gasteiger partial charge in [0.25, 0.3) is 0 Å². The average Bonchev–Trinajstić information content (AvgIpc) is 2.77. The van der Waals surface area contributed by atoms with E-state index in [1.165, 1.54) is 5.56 Å². The number of hydrogen-bond donors (Lipinski definition) is 0. The molecule has 32 heavy (non-hydrogen) atoms. The van der Waals surface area contributed by atoms with Gasteiger partial charge in [0.15, 0.2) is 5.17 Å². The quantitative estimate of drug-likeness (QED) is 0.590. The van der Waals surface area contributed by atoms with Crippen molar-refractivity contribution < 1.29 is 14.3 Å². The number of carbonyl (C=O) groups excluding carboxylic acids is 2. The number of carbonyl (C=O) groups is 2. The molecule has 6 heteroatoms. The van der Waals surface area contributed by atoms with Gasteiger partial charge >= 0.3 is 5.97 Å². The number of esters is 1. The maximum absolute atomic E-state index is 13.3. The number of allylic oxidation sites excluding steroid dienone is 1. The van der Waals surface area contributed by atoms with Gasteiger partial charge in [-0.3, -0.25) is 9.69 Å². The van der Waals surface area contributed by atoms with Gasteiger partial charge in [-0.05, 0) is 29.0 Å². The van der Waals surface area contributed by atoms with E-state index in [0.29, 0.717) is 28.6 Å². The van der Waals surface area contributed by atoms with Crippen molar-refractivity contribution in [1.82, 2.24) is 4.90 Å². The minimum atomic E-state index is -0.542. The summed E-state index contributed by atoms with van der Waals surface area (Å²) in [5.41, 5.74) is 4.02. The molecule has 0 spiro atoms. The van der Waals surface area contributed by atoms with Crippen molar-refractivity contribution in [1.29, 1.82) is 0 Å². The van der Waals surface area contributed by atoms with E-state index in [2.05, 4.69) is 37.9 Å². The first-order valence-corrected chi connectivity index (χ1v) is 11.8. The highest BCUT2D eigenvalue weighted by Gasteiger charge is 2.41. The first-order chi connectivity index (χ1) is 15.3. The summed E-state index contributed by atoms with van der Waals surface area (Å²) in [6.07, 6.45) is 0.422. The fourth-order valence-corrected chi connectivity index (χ4v) is 4.95. The molecule has 0 N–H and O–H groups in total. The molecule has 2 aliphatic heterocycles. The molecule has 2 aromatic carbocycles. The second kappa shape index (κ2) is 8.94. The predicted molar refractivity (Wildman–Crippen MR) is 128 cm³/mol. The third-order valence-electron chi connectivity index (χ3n) is 5.73. The number of ether oxygens (including phenoxy) is 1. The van der Waals surface area contributed by atoms with Gasteiger partial charge in [-0.25, -0.2) is 9.79 Å². The largest absolute Gasteiger partial charge is 0.457 e. The van der Waals surface area contributed by atoms with Crippen LogP contribution in [0, 0.1) is 0 Å². The van der Waals surface area contributed by atoms with Crippen molar-refractivity contribution in [2.45, 2.75) is 52.2 Å². The first kappa shape index (κ1) is 22.3. The topological polar surface area (TPSA) is 59.0 Å². The van der Waals surface area contributed by atoms with E-state index in [1.807, 2.05) is 49.4 Å². The molecule has 1 saturated heterocycles. The molecule has 0 bridgehead atoms. The minimum absolute atomic E-state index is 0.0116. The lowest BCUT2D eigenvalue weighted by molar-refractivity contribution is -0.141. The molecule has 1 fully saturated rings. The SMILES string of the molecule is CC1=C(C(=O)OCc2ccccc2)[C@H](c2ccc(C(C)(C)C)cc2)N2C(=O)CCSC2=N1. The Hall–Kier alpha value is -2.86. The summed E-state index contributed by atoms with van der Waals surface area (Å²) in [6, 6.07) is 17.2. The fourth-order valence-electron chi connectivity index (χ4n) is 3.94. The van der Waals surface area contributed by atoms with Crippen molar-refractivity contribution in [3.05, 3.63) is 82.6 Å². The number of thioether (sulfide) groups is 1. The molecule has 0 aromatic heterocycles. The molecular weight excluding hydrogens is 420 g/mol. The highest BCUT2D eigenvalue weighted by atomic mass is 32.2. The van der Waals surface area contributed by atoms with Crippen LogP contribution < -0.4 is 0 Å². The van der Waals surface area contributed by atoms with E-state index in [0.717, 1.165) is 11.1 Å². The third kappa shape index (κ3) is 4.51. The van der Waals surface area contributed by atoms with E-state index in [4.69, 9.17) is 4.74 Å². The molecule has 0 aliphatic carbocycles. The summed E-state index contributed by atoms with van der Waals surface area (Å²) in [7, 11) is 0. The maximum atomic E-state index is 13.3. The van der Waals surface area contributed by atoms with Crippen LogP contribution in [0.2, 0.25) is 0 Å². The third-order valence-corrected chi connectivity index (χ3v) is 6.69. The van der Waals surface area contributed by atoms with Crippen LogP contribution in [0.1, 0.15) is 56.8 Å². The number of hydrogen-bond acceptors (Lipinski definition) is 5. The molecule has 1 atom stereocenters. The molecule has 2 aliphatic rings. The summed E-state index contributed by atoms with van der Waals surface area (Å²) in [5.74, 6) is 0.237. The minimum Gasteiger partial charge on any atom is -0.457 e. The van der Waals surface area contributed by atoms with Gasteiger partial charge in [-0.15, -0.1) is 0 Å². The van der Waals surface area contributed by atoms with Gasteiger partial charge in [0.05, 0.1) is 17.3 Å². The number of fused-ring (bicyclic) bond motifs is 1. The van der Waals surface area contributed by atoms with E-state index in [-0.39, 0.29) is 17.9 Å². The van der Waals surface area contributed by atoms with Gasteiger partial charge in [0.1, 0.15) is 6.61 Å². The summed E-state index contributed by atoms with van der Waals surface area (Å²) in [6.45, 7) is 8.48. The lowest BCUT2D eigenvalue weighted by Gasteiger charge is -2.39. The van der Waals surface area contributed by atoms with Crippen LogP contribution in [0.15, 0.2) is 70.9 Å². The summed E-state index contributed by atoms with van der Waals surface area (Å²) < 4.78 is 5.67. The van der Waals surface area contributed by atoms with Gasteiger partial charge < -0.3 is 4.74 Å². The lowest BCUT2D eigenvalue weighted by Crippen LogP contribution is -2.45. The van der Waals surface area contributed by atoms with Crippen molar-refractivity contribution in [3.63, 3.8) is 0 Å². The first-order valence-electron chi connectivity index (χ1n) is 10.8. The molecule has 5 nitrogen and oxygen atoms in total. The van der Waals surface area contributed by atoms with Gasteiger partial charge in [0, 0.05) is 12.2 Å². The van der Waals surface area contributed by atoms with Gasteiger partial charge in [-0.2, -0.15) is 0 Å². The Balaban J connectivity index is 1.71. The molecule has 2 aromatic rings. The predicted octanol–water partition coefficient (Wildman–Crippen LogP) is 5.38. The van der Waals surface area contributed by atoms with Crippen molar-refractivity contribution in [2.24, 2.45) is 4.99 Å². The normalized spacial score (nSPS) is 18.9. The molecule has 0 radical (unpaired) electrons. The molecule has 2 heterocycles. The summed E-state index contributed by atoms with van der Waals surface area (Å²) >= 11 is 1.55. The Morgan fingerprint density at radius 3 is 2.47 bits per heavy atom. The molecular formula is C26H28N2O3S. The highest BCUT2D eigenvalue weighted by molar-refractivity contribution is 8.14. The van der Waals surface area contributed by atoms with E-state index >= 15 is 0 Å². The molecule has 1 amide bonds. The highest BCUT2D eigenvalue weighted by Crippen LogP contribution is 2.41. The standard InChI is InChI=1S/C26H28N2O3S/c1-17-22(24(30)31-16-18-8-6-5-7-9-18)23(28-21(29)14-15-32-25(28)27-17)19-10-12-20(13-11-19)26(2,3)4/h5-13,23H,14-16H2,1-4H3/t23-/m0/s1. The van der Waals surface area contributed by atoms with Gasteiger partial charge in [0.2, 0.25) is 5.91 Å². The molecule has 0 unspecified atom stereocenters. The monoisotopic (exact) mass is 448 g/mol. The number of aliphatic imine (C=N–C) groups is 1.